The number of amides is 1. The first-order valence-electron chi connectivity index (χ1n) is 6.74. The van der Waals surface area contributed by atoms with Crippen LogP contribution < -0.4 is 0 Å². The number of carbonyl (C=O) groups is 2. The van der Waals surface area contributed by atoms with Crippen molar-refractivity contribution in [1.29, 1.82) is 0 Å². The summed E-state index contributed by atoms with van der Waals surface area (Å²) in [6.45, 7) is 3.04. The van der Waals surface area contributed by atoms with Crippen LogP contribution in [-0.4, -0.2) is 47.7 Å². The minimum absolute atomic E-state index is 0.0755. The fourth-order valence-corrected chi connectivity index (χ4v) is 2.20. The van der Waals surface area contributed by atoms with Gasteiger partial charge in [0.1, 0.15) is 6.54 Å². The molecule has 1 rings (SSSR count). The van der Waals surface area contributed by atoms with Crippen molar-refractivity contribution in [3.05, 3.63) is 0 Å². The maximum absolute atomic E-state index is 11.9. The van der Waals surface area contributed by atoms with Crippen LogP contribution in [-0.2, 0) is 14.3 Å². The van der Waals surface area contributed by atoms with Crippen molar-refractivity contribution in [3.63, 3.8) is 0 Å². The molecule has 1 unspecified atom stereocenters. The molecular formula is C13H23NO4. The second kappa shape index (κ2) is 8.08. The molecule has 0 aromatic heterocycles. The van der Waals surface area contributed by atoms with Gasteiger partial charge in [-0.2, -0.15) is 0 Å². The average molecular weight is 257 g/mol. The van der Waals surface area contributed by atoms with Gasteiger partial charge in [-0.3, -0.25) is 9.59 Å². The Hall–Kier alpha value is -1.10. The summed E-state index contributed by atoms with van der Waals surface area (Å²) in [5, 5.41) is 8.76. The lowest BCUT2D eigenvalue weighted by atomic mass is 10.0. The molecule has 18 heavy (non-hydrogen) atoms. The predicted octanol–water partition coefficient (Wildman–Crippen LogP) is 1.66. The van der Waals surface area contributed by atoms with Crippen LogP contribution in [0.4, 0.5) is 0 Å². The SMILES string of the molecule is CCCN(CC(=O)O)C(=O)CCC1CCCCO1. The molecule has 0 aromatic carbocycles. The Morgan fingerprint density at radius 2 is 2.17 bits per heavy atom. The highest BCUT2D eigenvalue weighted by Gasteiger charge is 2.19. The Labute approximate surface area is 108 Å². The number of carboxylic acids is 1. The van der Waals surface area contributed by atoms with Crippen LogP contribution in [0.1, 0.15) is 45.4 Å². The van der Waals surface area contributed by atoms with Gasteiger partial charge in [0.2, 0.25) is 5.91 Å². The van der Waals surface area contributed by atoms with Crippen molar-refractivity contribution in [1.82, 2.24) is 4.90 Å². The third-order valence-electron chi connectivity index (χ3n) is 3.13. The average Bonchev–Trinajstić information content (AvgIpc) is 2.36. The van der Waals surface area contributed by atoms with Crippen LogP contribution in [0.15, 0.2) is 0 Å². The number of hydrogen-bond donors (Lipinski definition) is 1. The molecule has 5 nitrogen and oxygen atoms in total. The Kier molecular flexibility index (Phi) is 6.72. The van der Waals surface area contributed by atoms with Crippen molar-refractivity contribution in [2.24, 2.45) is 0 Å². The Morgan fingerprint density at radius 3 is 2.72 bits per heavy atom. The van der Waals surface area contributed by atoms with Gasteiger partial charge in [-0.25, -0.2) is 0 Å². The third-order valence-corrected chi connectivity index (χ3v) is 3.13. The summed E-state index contributed by atoms with van der Waals surface area (Å²) < 4.78 is 5.56. The first kappa shape index (κ1) is 15.0. The number of aliphatic carboxylic acids is 1. The number of carboxylic acid groups (broad SMARTS) is 1. The van der Waals surface area contributed by atoms with E-state index in [4.69, 9.17) is 9.84 Å². The van der Waals surface area contributed by atoms with Crippen molar-refractivity contribution in [2.75, 3.05) is 19.7 Å². The van der Waals surface area contributed by atoms with Gasteiger partial charge in [0.25, 0.3) is 0 Å². The van der Waals surface area contributed by atoms with Crippen molar-refractivity contribution < 1.29 is 19.4 Å². The number of nitrogens with zero attached hydrogens (tertiary/aromatic N) is 1. The molecule has 1 aliphatic rings. The summed E-state index contributed by atoms with van der Waals surface area (Å²) in [6.07, 6.45) is 5.32. The molecule has 1 N–H and O–H groups in total. The molecule has 1 aliphatic heterocycles. The van der Waals surface area contributed by atoms with Crippen LogP contribution in [0.25, 0.3) is 0 Å². The van der Waals surface area contributed by atoms with Gasteiger partial charge < -0.3 is 14.7 Å². The summed E-state index contributed by atoms with van der Waals surface area (Å²) in [6, 6.07) is 0. The molecule has 104 valence electrons. The van der Waals surface area contributed by atoms with E-state index in [1.807, 2.05) is 6.92 Å². The minimum atomic E-state index is -0.953. The molecule has 0 saturated carbocycles. The van der Waals surface area contributed by atoms with Gasteiger partial charge in [0.05, 0.1) is 6.10 Å². The minimum Gasteiger partial charge on any atom is -0.480 e. The quantitative estimate of drug-likeness (QED) is 0.753. The largest absolute Gasteiger partial charge is 0.480 e. The fourth-order valence-electron chi connectivity index (χ4n) is 2.20. The van der Waals surface area contributed by atoms with Crippen molar-refractivity contribution in [2.45, 2.75) is 51.6 Å². The summed E-state index contributed by atoms with van der Waals surface area (Å²) in [7, 11) is 0. The molecule has 5 heteroatoms. The van der Waals surface area contributed by atoms with Gasteiger partial charge in [-0.1, -0.05) is 6.92 Å². The molecule has 1 fully saturated rings. The third kappa shape index (κ3) is 5.49. The molecule has 0 spiro atoms. The predicted molar refractivity (Wildman–Crippen MR) is 67.3 cm³/mol. The van der Waals surface area contributed by atoms with Crippen LogP contribution in [0, 0.1) is 0 Å². The summed E-state index contributed by atoms with van der Waals surface area (Å²) in [5.41, 5.74) is 0. The zero-order chi connectivity index (χ0) is 13.4. The monoisotopic (exact) mass is 257 g/mol. The Morgan fingerprint density at radius 1 is 1.39 bits per heavy atom. The second-order valence-corrected chi connectivity index (χ2v) is 4.74. The smallest absolute Gasteiger partial charge is 0.323 e. The first-order chi connectivity index (χ1) is 8.63. The maximum Gasteiger partial charge on any atom is 0.323 e. The Bertz CT molecular complexity index is 274. The van der Waals surface area contributed by atoms with E-state index >= 15 is 0 Å². The normalized spacial score (nSPS) is 19.5. The van der Waals surface area contributed by atoms with Gasteiger partial charge in [-0.05, 0) is 32.1 Å². The first-order valence-corrected chi connectivity index (χ1v) is 6.74. The van der Waals surface area contributed by atoms with Crippen LogP contribution >= 0.6 is 0 Å². The standard InChI is InChI=1S/C13H23NO4/c1-2-8-14(10-13(16)17)12(15)7-6-11-5-3-4-9-18-11/h11H,2-10H2,1H3,(H,16,17). The molecule has 0 aliphatic carbocycles. The van der Waals surface area contributed by atoms with Gasteiger partial charge >= 0.3 is 5.97 Å². The van der Waals surface area contributed by atoms with Gasteiger partial charge in [0, 0.05) is 19.6 Å². The summed E-state index contributed by atoms with van der Waals surface area (Å²) in [4.78, 5) is 24.0. The molecule has 0 radical (unpaired) electrons. The highest BCUT2D eigenvalue weighted by molar-refractivity contribution is 5.81. The van der Waals surface area contributed by atoms with E-state index in [1.165, 1.54) is 4.90 Å². The van der Waals surface area contributed by atoms with E-state index in [0.29, 0.717) is 19.4 Å². The highest BCUT2D eigenvalue weighted by Crippen LogP contribution is 2.17. The molecule has 0 aromatic rings. The molecule has 1 heterocycles. The zero-order valence-electron chi connectivity index (χ0n) is 11.1. The highest BCUT2D eigenvalue weighted by atomic mass is 16.5. The lowest BCUT2D eigenvalue weighted by molar-refractivity contribution is -0.144. The van der Waals surface area contributed by atoms with E-state index in [1.54, 1.807) is 0 Å². The van der Waals surface area contributed by atoms with Crippen molar-refractivity contribution >= 4 is 11.9 Å². The van der Waals surface area contributed by atoms with Crippen LogP contribution in [0.5, 0.6) is 0 Å². The zero-order valence-corrected chi connectivity index (χ0v) is 11.1. The van der Waals surface area contributed by atoms with Crippen LogP contribution in [0.3, 0.4) is 0 Å². The molecule has 0 bridgehead atoms. The number of hydrogen-bond acceptors (Lipinski definition) is 3. The van der Waals surface area contributed by atoms with Crippen molar-refractivity contribution in [3.8, 4) is 0 Å². The number of rotatable bonds is 7. The topological polar surface area (TPSA) is 66.8 Å². The number of ether oxygens (including phenoxy) is 1. The Balaban J connectivity index is 2.32. The fraction of sp³-hybridized carbons (Fsp3) is 0.846. The molecular weight excluding hydrogens is 234 g/mol. The maximum atomic E-state index is 11.9. The molecule has 1 amide bonds. The summed E-state index contributed by atoms with van der Waals surface area (Å²) in [5.74, 6) is -1.03. The summed E-state index contributed by atoms with van der Waals surface area (Å²) >= 11 is 0. The van der Waals surface area contributed by atoms with E-state index in [-0.39, 0.29) is 18.6 Å². The van der Waals surface area contributed by atoms with Crippen LogP contribution in [0.2, 0.25) is 0 Å². The lowest BCUT2D eigenvalue weighted by Gasteiger charge is -2.24. The number of carbonyl (C=O) groups excluding carboxylic acids is 1. The molecule has 1 atom stereocenters. The lowest BCUT2D eigenvalue weighted by Crippen LogP contribution is -2.36. The molecule has 1 saturated heterocycles. The van der Waals surface area contributed by atoms with E-state index in [9.17, 15) is 9.59 Å². The van der Waals surface area contributed by atoms with E-state index in [0.717, 1.165) is 32.3 Å². The van der Waals surface area contributed by atoms with E-state index in [2.05, 4.69) is 0 Å². The van der Waals surface area contributed by atoms with Gasteiger partial charge in [-0.15, -0.1) is 0 Å². The van der Waals surface area contributed by atoms with E-state index < -0.39 is 5.97 Å². The van der Waals surface area contributed by atoms with Gasteiger partial charge in [0.15, 0.2) is 0 Å². The second-order valence-electron chi connectivity index (χ2n) is 4.74.